The molecule has 3 rings (SSSR count). The maximum atomic E-state index is 12.7. The van der Waals surface area contributed by atoms with Gasteiger partial charge in [-0.25, -0.2) is 4.79 Å². The van der Waals surface area contributed by atoms with Crippen molar-refractivity contribution >= 4 is 22.3 Å². The Bertz CT molecular complexity index is 999. The van der Waals surface area contributed by atoms with E-state index in [1.807, 2.05) is 29.6 Å². The number of ether oxygens (including phenoxy) is 3. The molecule has 0 aliphatic heterocycles. The molecule has 0 bridgehead atoms. The second kappa shape index (κ2) is 9.34. The number of thiophene rings is 1. The fourth-order valence-electron chi connectivity index (χ4n) is 2.95. The fourth-order valence-corrected chi connectivity index (χ4v) is 3.90. The van der Waals surface area contributed by atoms with Crippen LogP contribution in [0.4, 0.5) is 5.00 Å². The van der Waals surface area contributed by atoms with Crippen molar-refractivity contribution in [2.24, 2.45) is 0 Å². The van der Waals surface area contributed by atoms with Gasteiger partial charge >= 0.3 is 5.97 Å². The monoisotopic (exact) mass is 413 g/mol. The molecule has 0 radical (unpaired) electrons. The van der Waals surface area contributed by atoms with Crippen LogP contribution in [0.15, 0.2) is 47.8 Å². The molecule has 0 amide bonds. The normalized spacial score (nSPS) is 10.4. The molecule has 0 aliphatic rings. The van der Waals surface area contributed by atoms with Crippen molar-refractivity contribution in [2.75, 3.05) is 26.1 Å². The molecule has 0 aliphatic carbocycles. The number of aromatic hydroxyl groups is 1. The largest absolute Gasteiger partial charge is 0.508 e. The van der Waals surface area contributed by atoms with E-state index in [4.69, 9.17) is 14.2 Å². The van der Waals surface area contributed by atoms with Crippen molar-refractivity contribution in [1.82, 2.24) is 0 Å². The van der Waals surface area contributed by atoms with Gasteiger partial charge in [-0.05, 0) is 30.7 Å². The third-order valence-electron chi connectivity index (χ3n) is 4.40. The van der Waals surface area contributed by atoms with Crippen molar-refractivity contribution in [1.29, 1.82) is 0 Å². The quantitative estimate of drug-likeness (QED) is 0.510. The summed E-state index contributed by atoms with van der Waals surface area (Å²) in [4.78, 5) is 12.7. The Labute approximate surface area is 173 Å². The van der Waals surface area contributed by atoms with Crippen LogP contribution in [-0.4, -0.2) is 31.9 Å². The molecule has 0 fully saturated rings. The summed E-state index contributed by atoms with van der Waals surface area (Å²) in [5.41, 5.74) is 2.76. The van der Waals surface area contributed by atoms with Crippen molar-refractivity contribution in [2.45, 2.75) is 13.5 Å². The molecule has 152 valence electrons. The lowest BCUT2D eigenvalue weighted by Gasteiger charge is -2.12. The van der Waals surface area contributed by atoms with Crippen LogP contribution in [0.2, 0.25) is 0 Å². The van der Waals surface area contributed by atoms with Gasteiger partial charge in [0.25, 0.3) is 0 Å². The van der Waals surface area contributed by atoms with Gasteiger partial charge in [-0.15, -0.1) is 11.3 Å². The van der Waals surface area contributed by atoms with Crippen LogP contribution in [0.25, 0.3) is 11.1 Å². The number of benzene rings is 2. The standard InChI is InChI=1S/C22H23NO5S/c1-4-28-22(25)20-16(14-9-10-18(26-2)19(11-14)27-3)13-29-21(20)23-12-15-7-5-6-8-17(15)24/h5-11,13,23-24H,4,12H2,1-3H3. The first kappa shape index (κ1) is 20.5. The van der Waals surface area contributed by atoms with Crippen molar-refractivity contribution < 1.29 is 24.1 Å². The zero-order chi connectivity index (χ0) is 20.8. The second-order valence-electron chi connectivity index (χ2n) is 6.13. The van der Waals surface area contributed by atoms with Crippen LogP contribution in [0.1, 0.15) is 22.8 Å². The van der Waals surface area contributed by atoms with E-state index < -0.39 is 5.97 Å². The summed E-state index contributed by atoms with van der Waals surface area (Å²) in [5, 5.41) is 15.8. The summed E-state index contributed by atoms with van der Waals surface area (Å²) in [6.45, 7) is 2.43. The van der Waals surface area contributed by atoms with Gasteiger partial charge in [-0.3, -0.25) is 0 Å². The summed E-state index contributed by atoms with van der Waals surface area (Å²) >= 11 is 1.41. The summed E-state index contributed by atoms with van der Waals surface area (Å²) in [5.74, 6) is 0.990. The van der Waals surface area contributed by atoms with Gasteiger partial charge in [0.15, 0.2) is 11.5 Å². The van der Waals surface area contributed by atoms with Gasteiger partial charge < -0.3 is 24.6 Å². The van der Waals surface area contributed by atoms with E-state index in [9.17, 15) is 9.90 Å². The van der Waals surface area contributed by atoms with Crippen molar-refractivity contribution in [3.05, 3.63) is 59.0 Å². The molecule has 7 heteroatoms. The molecule has 0 saturated heterocycles. The fraction of sp³-hybridized carbons (Fsp3) is 0.227. The van der Waals surface area contributed by atoms with E-state index in [0.717, 1.165) is 16.7 Å². The number of hydrogen-bond acceptors (Lipinski definition) is 7. The Morgan fingerprint density at radius 1 is 1.10 bits per heavy atom. The van der Waals surface area contributed by atoms with Crippen LogP contribution >= 0.6 is 11.3 Å². The van der Waals surface area contributed by atoms with Crippen LogP contribution < -0.4 is 14.8 Å². The van der Waals surface area contributed by atoms with Gasteiger partial charge in [-0.1, -0.05) is 24.3 Å². The molecule has 0 unspecified atom stereocenters. The summed E-state index contributed by atoms with van der Waals surface area (Å²) < 4.78 is 16.0. The Morgan fingerprint density at radius 2 is 1.86 bits per heavy atom. The SMILES string of the molecule is CCOC(=O)c1c(-c2ccc(OC)c(OC)c2)csc1NCc1ccccc1O. The Morgan fingerprint density at radius 3 is 2.55 bits per heavy atom. The van der Waals surface area contributed by atoms with Crippen LogP contribution in [0, 0.1) is 0 Å². The second-order valence-corrected chi connectivity index (χ2v) is 7.01. The zero-order valence-electron chi connectivity index (χ0n) is 16.5. The lowest BCUT2D eigenvalue weighted by atomic mass is 10.0. The highest BCUT2D eigenvalue weighted by Gasteiger charge is 2.22. The number of carbonyl (C=O) groups excluding carboxylic acids is 1. The third-order valence-corrected chi connectivity index (χ3v) is 5.33. The Kier molecular flexibility index (Phi) is 6.61. The molecule has 29 heavy (non-hydrogen) atoms. The number of esters is 1. The maximum absolute atomic E-state index is 12.7. The van der Waals surface area contributed by atoms with Gasteiger partial charge in [0.1, 0.15) is 16.3 Å². The number of methoxy groups -OCH3 is 2. The lowest BCUT2D eigenvalue weighted by molar-refractivity contribution is 0.0529. The minimum atomic E-state index is -0.404. The van der Waals surface area contributed by atoms with Gasteiger partial charge in [0.2, 0.25) is 0 Å². The first-order valence-electron chi connectivity index (χ1n) is 9.10. The number of phenolic OH excluding ortho intramolecular Hbond substituents is 1. The highest BCUT2D eigenvalue weighted by atomic mass is 32.1. The minimum absolute atomic E-state index is 0.203. The lowest BCUT2D eigenvalue weighted by Crippen LogP contribution is -2.09. The van der Waals surface area contributed by atoms with Gasteiger partial charge in [-0.2, -0.15) is 0 Å². The molecule has 1 aromatic heterocycles. The number of rotatable bonds is 8. The Balaban J connectivity index is 1.98. The first-order chi connectivity index (χ1) is 14.1. The molecule has 2 N–H and O–H groups in total. The Hall–Kier alpha value is -3.19. The number of para-hydroxylation sites is 1. The number of hydrogen-bond donors (Lipinski definition) is 2. The van der Waals surface area contributed by atoms with Crippen molar-refractivity contribution in [3.63, 3.8) is 0 Å². The maximum Gasteiger partial charge on any atom is 0.341 e. The molecular weight excluding hydrogens is 390 g/mol. The average Bonchev–Trinajstić information content (AvgIpc) is 3.17. The number of phenols is 1. The van der Waals surface area contributed by atoms with Crippen LogP contribution in [-0.2, 0) is 11.3 Å². The summed E-state index contributed by atoms with van der Waals surface area (Å²) in [7, 11) is 3.15. The molecule has 3 aromatic rings. The third kappa shape index (κ3) is 4.46. The highest BCUT2D eigenvalue weighted by Crippen LogP contribution is 2.40. The smallest absolute Gasteiger partial charge is 0.341 e. The predicted octanol–water partition coefficient (Wildman–Crippen LogP) is 4.93. The number of anilines is 1. The van der Waals surface area contributed by atoms with E-state index in [2.05, 4.69) is 5.32 Å². The first-order valence-corrected chi connectivity index (χ1v) is 9.98. The average molecular weight is 413 g/mol. The molecule has 1 heterocycles. The molecule has 0 saturated carbocycles. The minimum Gasteiger partial charge on any atom is -0.508 e. The van der Waals surface area contributed by atoms with E-state index in [0.29, 0.717) is 28.6 Å². The molecule has 0 atom stereocenters. The topological polar surface area (TPSA) is 77.0 Å². The van der Waals surface area contributed by atoms with Gasteiger partial charge in [0.05, 0.1) is 20.8 Å². The van der Waals surface area contributed by atoms with Crippen LogP contribution in [0.3, 0.4) is 0 Å². The molecule has 0 spiro atoms. The van der Waals surface area contributed by atoms with E-state index in [-0.39, 0.29) is 12.4 Å². The van der Waals surface area contributed by atoms with E-state index in [1.54, 1.807) is 39.3 Å². The predicted molar refractivity (Wildman–Crippen MR) is 114 cm³/mol. The summed E-state index contributed by atoms with van der Waals surface area (Å²) in [6.07, 6.45) is 0. The summed E-state index contributed by atoms with van der Waals surface area (Å²) in [6, 6.07) is 12.6. The number of nitrogens with one attached hydrogen (secondary N) is 1. The van der Waals surface area contributed by atoms with Crippen molar-refractivity contribution in [3.8, 4) is 28.4 Å². The molecule has 2 aromatic carbocycles. The van der Waals surface area contributed by atoms with Crippen LogP contribution in [0.5, 0.6) is 17.2 Å². The highest BCUT2D eigenvalue weighted by molar-refractivity contribution is 7.15. The zero-order valence-corrected chi connectivity index (χ0v) is 17.3. The van der Waals surface area contributed by atoms with Gasteiger partial charge in [0, 0.05) is 23.1 Å². The van der Waals surface area contributed by atoms with E-state index >= 15 is 0 Å². The molecule has 6 nitrogen and oxygen atoms in total. The number of carbonyl (C=O) groups is 1. The molecular formula is C22H23NO5S. The van der Waals surface area contributed by atoms with E-state index in [1.165, 1.54) is 11.3 Å².